The van der Waals surface area contributed by atoms with Crippen molar-refractivity contribution in [1.82, 2.24) is 20.2 Å². The van der Waals surface area contributed by atoms with Gasteiger partial charge in [-0.25, -0.2) is 14.8 Å². The molecule has 1 aromatic heterocycles. The van der Waals surface area contributed by atoms with Crippen LogP contribution < -0.4 is 39.7 Å². The van der Waals surface area contributed by atoms with Gasteiger partial charge in [0.2, 0.25) is 11.8 Å². The van der Waals surface area contributed by atoms with E-state index in [1.165, 1.54) is 0 Å². The fourth-order valence-corrected chi connectivity index (χ4v) is 5.80. The number of carboxylic acid groups (broad SMARTS) is 1. The number of aryl methyl sites for hydroxylation is 2. The number of carboxylic acids is 1. The zero-order chi connectivity index (χ0) is 39.6. The Balaban J connectivity index is 1.52. The summed E-state index contributed by atoms with van der Waals surface area (Å²) in [7, 11) is 0. The number of aliphatic carboxylic acids is 1. The van der Waals surface area contributed by atoms with Crippen LogP contribution in [-0.2, 0) is 27.2 Å². The Morgan fingerprint density at radius 3 is 1.94 bits per heavy atom. The largest absolute Gasteiger partial charge is 0.480 e. The van der Waals surface area contributed by atoms with Gasteiger partial charge in [-0.3, -0.25) is 29.6 Å². The van der Waals surface area contributed by atoms with Crippen molar-refractivity contribution in [2.75, 3.05) is 31.1 Å². The summed E-state index contributed by atoms with van der Waals surface area (Å²) in [6, 6.07) is 13.6. The molecular weight excluding hydrogens is 714 g/mol. The lowest BCUT2D eigenvalue weighted by molar-refractivity contribution is -0.159. The number of carbonyl (C=O) groups excluding carboxylic acids is 3. The zero-order valence-corrected chi connectivity index (χ0v) is 31.1. The van der Waals surface area contributed by atoms with Gasteiger partial charge in [0.1, 0.15) is 6.04 Å². The van der Waals surface area contributed by atoms with Gasteiger partial charge in [0.15, 0.2) is 28.4 Å². The van der Waals surface area contributed by atoms with Gasteiger partial charge in [0, 0.05) is 13.0 Å². The molecule has 0 saturated carbocycles. The molecule has 0 bridgehead atoms. The van der Waals surface area contributed by atoms with E-state index < -0.39 is 35.8 Å². The number of nitrogens with one attached hydrogen (secondary N) is 1. The lowest BCUT2D eigenvalue weighted by Crippen LogP contribution is -2.54. The molecule has 0 aliphatic carbocycles. The number of anilines is 2. The van der Waals surface area contributed by atoms with E-state index in [1.807, 2.05) is 36.4 Å². The molecule has 292 valence electrons. The van der Waals surface area contributed by atoms with Crippen LogP contribution in [0.25, 0.3) is 11.1 Å². The number of carbonyl (C=O) groups is 4. The molecule has 3 rings (SSSR count). The number of hydrogen-bond donors (Lipinski definition) is 8. The standard InChI is InChI=1S/C37H52ClN11O5/c38-31-33(43)47-32(42)30(46-31)34(51)48-37(44)45-22-6-3-7-23-10-15-25(16-11-23)26-17-12-24(13-18-26)14-19-29(50)49(28(36(53)54)9-2-5-21-40)35(52)27(41)8-1-4-20-39/h10-13,15-18,27-28H,1-9,14,19-22,39-41H2,(H,53,54)(H4,42,43,47)(H3,44,45,48,51)/t27-,28-/m0/s1. The maximum absolute atomic E-state index is 13.4. The molecule has 1 heterocycles. The molecule has 3 amide bonds. The summed E-state index contributed by atoms with van der Waals surface area (Å²) in [6.45, 7) is 1.23. The summed E-state index contributed by atoms with van der Waals surface area (Å²) in [6.07, 6.45) is 5.38. The number of unbranched alkanes of at least 4 members (excludes halogenated alkanes) is 3. The number of hydrogen-bond acceptors (Lipinski definition) is 12. The molecule has 2 atom stereocenters. The Kier molecular flexibility index (Phi) is 17.7. The highest BCUT2D eigenvalue weighted by Crippen LogP contribution is 2.23. The Hall–Kier alpha value is -5.16. The number of nitrogens with two attached hydrogens (primary N) is 6. The van der Waals surface area contributed by atoms with Crippen molar-refractivity contribution < 1.29 is 24.3 Å². The van der Waals surface area contributed by atoms with Crippen molar-refractivity contribution in [2.45, 2.75) is 82.7 Å². The minimum atomic E-state index is -1.31. The molecule has 0 saturated heterocycles. The number of guanidine groups is 1. The van der Waals surface area contributed by atoms with Crippen LogP contribution >= 0.6 is 11.6 Å². The van der Waals surface area contributed by atoms with Crippen LogP contribution in [0.4, 0.5) is 11.6 Å². The molecule has 0 fully saturated rings. The highest BCUT2D eigenvalue weighted by atomic mass is 35.5. The first-order valence-electron chi connectivity index (χ1n) is 18.0. The molecule has 17 heteroatoms. The maximum Gasteiger partial charge on any atom is 0.326 e. The first kappa shape index (κ1) is 43.2. The second-order valence-corrected chi connectivity index (χ2v) is 13.2. The van der Waals surface area contributed by atoms with Crippen molar-refractivity contribution >= 4 is 52.9 Å². The third kappa shape index (κ3) is 13.4. The molecular formula is C37H52ClN11O5. The van der Waals surface area contributed by atoms with Crippen LogP contribution in [0.5, 0.6) is 0 Å². The summed E-state index contributed by atoms with van der Waals surface area (Å²) in [5.74, 6) is -3.54. The minimum Gasteiger partial charge on any atom is -0.480 e. The van der Waals surface area contributed by atoms with Crippen molar-refractivity contribution in [1.29, 1.82) is 0 Å². The molecule has 0 spiro atoms. The van der Waals surface area contributed by atoms with E-state index in [0.717, 1.165) is 46.4 Å². The number of nitrogens with zero attached hydrogens (tertiary/aromatic N) is 4. The topological polar surface area (TPSA) is 298 Å². The van der Waals surface area contributed by atoms with Crippen molar-refractivity contribution in [2.24, 2.45) is 27.9 Å². The smallest absolute Gasteiger partial charge is 0.326 e. The Bertz CT molecular complexity index is 1740. The molecule has 0 aliphatic heterocycles. The predicted octanol–water partition coefficient (Wildman–Crippen LogP) is 2.36. The van der Waals surface area contributed by atoms with Gasteiger partial charge in [-0.1, -0.05) is 66.6 Å². The quantitative estimate of drug-likeness (QED) is 0.0439. The number of benzene rings is 2. The van der Waals surface area contributed by atoms with Gasteiger partial charge in [0.05, 0.1) is 6.04 Å². The van der Waals surface area contributed by atoms with E-state index in [1.54, 1.807) is 0 Å². The van der Waals surface area contributed by atoms with Crippen LogP contribution in [0, 0.1) is 0 Å². The Morgan fingerprint density at radius 1 is 0.796 bits per heavy atom. The van der Waals surface area contributed by atoms with Crippen LogP contribution in [0.2, 0.25) is 5.15 Å². The van der Waals surface area contributed by atoms with Crippen LogP contribution in [-0.4, -0.2) is 81.3 Å². The molecule has 0 radical (unpaired) electrons. The molecule has 0 unspecified atom stereocenters. The molecule has 3 aromatic rings. The van der Waals surface area contributed by atoms with E-state index in [4.69, 9.17) is 46.0 Å². The van der Waals surface area contributed by atoms with E-state index in [-0.39, 0.29) is 41.3 Å². The number of aromatic nitrogens is 2. The van der Waals surface area contributed by atoms with Crippen LogP contribution in [0.1, 0.15) is 79.4 Å². The number of rotatable bonds is 21. The lowest BCUT2D eigenvalue weighted by atomic mass is 9.99. The molecule has 54 heavy (non-hydrogen) atoms. The number of halogens is 1. The van der Waals surface area contributed by atoms with Gasteiger partial charge < -0.3 is 39.5 Å². The summed E-state index contributed by atoms with van der Waals surface area (Å²) >= 11 is 5.83. The van der Waals surface area contributed by atoms with Crippen molar-refractivity contribution in [3.8, 4) is 11.1 Å². The van der Waals surface area contributed by atoms with Gasteiger partial charge in [0.25, 0.3) is 5.91 Å². The highest BCUT2D eigenvalue weighted by Gasteiger charge is 2.36. The first-order valence-corrected chi connectivity index (χ1v) is 18.4. The van der Waals surface area contributed by atoms with Crippen LogP contribution in [0.3, 0.4) is 0 Å². The number of amides is 3. The third-order valence-corrected chi connectivity index (χ3v) is 8.99. The average molecular weight is 766 g/mol. The first-order chi connectivity index (χ1) is 25.9. The van der Waals surface area contributed by atoms with Gasteiger partial charge in [-0.15, -0.1) is 0 Å². The summed E-state index contributed by atoms with van der Waals surface area (Å²) < 4.78 is 0. The lowest BCUT2D eigenvalue weighted by Gasteiger charge is -2.29. The predicted molar refractivity (Wildman–Crippen MR) is 210 cm³/mol. The summed E-state index contributed by atoms with van der Waals surface area (Å²) in [5, 5.41) is 12.2. The zero-order valence-electron chi connectivity index (χ0n) is 30.4. The van der Waals surface area contributed by atoms with E-state index in [0.29, 0.717) is 58.2 Å². The highest BCUT2D eigenvalue weighted by molar-refractivity contribution is 6.31. The van der Waals surface area contributed by atoms with E-state index >= 15 is 0 Å². The fraction of sp³-hybridized carbons (Fsp3) is 0.432. The van der Waals surface area contributed by atoms with Gasteiger partial charge in [-0.05, 0) is 93.1 Å². The SMILES string of the molecule is NCCCC[C@H](N)C(=O)N(C(=O)CCc1ccc(-c2ccc(CCCCN=C(N)NC(=O)c3nc(Cl)c(N)nc3N)cc2)cc1)[C@@H](CCCCN)C(=O)O. The number of imide groups is 1. The minimum absolute atomic E-state index is 0.0498. The maximum atomic E-state index is 13.4. The second-order valence-electron chi connectivity index (χ2n) is 12.8. The normalized spacial score (nSPS) is 12.6. The molecule has 14 N–H and O–H groups in total. The Labute approximate surface area is 320 Å². The fourth-order valence-electron chi connectivity index (χ4n) is 5.67. The molecule has 2 aromatic carbocycles. The summed E-state index contributed by atoms with van der Waals surface area (Å²) in [4.78, 5) is 64.0. The van der Waals surface area contributed by atoms with Crippen molar-refractivity contribution in [3.63, 3.8) is 0 Å². The van der Waals surface area contributed by atoms with E-state index in [2.05, 4.69) is 32.4 Å². The molecule has 16 nitrogen and oxygen atoms in total. The molecule has 0 aliphatic rings. The Morgan fingerprint density at radius 2 is 1.37 bits per heavy atom. The summed E-state index contributed by atoms with van der Waals surface area (Å²) in [5.41, 5.74) is 38.2. The third-order valence-electron chi connectivity index (χ3n) is 8.71. The van der Waals surface area contributed by atoms with Gasteiger partial charge >= 0.3 is 5.97 Å². The second kappa shape index (κ2) is 22.1. The van der Waals surface area contributed by atoms with Crippen molar-refractivity contribution in [3.05, 3.63) is 70.5 Å². The van der Waals surface area contributed by atoms with Gasteiger partial charge in [-0.2, -0.15) is 0 Å². The number of aliphatic imine (C=N–C) groups is 1. The monoisotopic (exact) mass is 765 g/mol. The number of nitrogen functional groups attached to an aromatic ring is 2. The van der Waals surface area contributed by atoms with E-state index in [9.17, 15) is 24.3 Å². The van der Waals surface area contributed by atoms with Crippen LogP contribution in [0.15, 0.2) is 53.5 Å². The average Bonchev–Trinajstić information content (AvgIpc) is 3.15.